The summed E-state index contributed by atoms with van der Waals surface area (Å²) < 4.78 is 6.07. The second-order valence-corrected chi connectivity index (χ2v) is 8.81. The first-order valence-corrected chi connectivity index (χ1v) is 11.0. The van der Waals surface area contributed by atoms with E-state index in [2.05, 4.69) is 0 Å². The van der Waals surface area contributed by atoms with Gasteiger partial charge in [0.15, 0.2) is 0 Å². The van der Waals surface area contributed by atoms with Crippen LogP contribution >= 0.6 is 0 Å². The number of β-amino-alcohol motifs (C(OH)–C–C–N with tert-alkyl or cyclic N) is 1. The molecule has 0 spiro atoms. The summed E-state index contributed by atoms with van der Waals surface area (Å²) in [6.07, 6.45) is 6.98. The molecule has 29 heavy (non-hydrogen) atoms. The third-order valence-electron chi connectivity index (χ3n) is 6.56. The van der Waals surface area contributed by atoms with Crippen LogP contribution in [0.4, 0.5) is 0 Å². The van der Waals surface area contributed by atoms with Gasteiger partial charge in [0.1, 0.15) is 12.2 Å². The van der Waals surface area contributed by atoms with Crippen LogP contribution in [0.2, 0.25) is 0 Å². The summed E-state index contributed by atoms with van der Waals surface area (Å²) in [5.74, 6) is 0.927. The Hall–Kier alpha value is -0.770. The number of aliphatic hydroxyl groups is 4. The topological polar surface area (TPSA) is 131 Å². The van der Waals surface area contributed by atoms with Gasteiger partial charge in [0.05, 0.1) is 24.9 Å². The highest BCUT2D eigenvalue weighted by Crippen LogP contribution is 2.45. The molecule has 1 heterocycles. The van der Waals surface area contributed by atoms with Gasteiger partial charge in [0.2, 0.25) is 0 Å². The highest BCUT2D eigenvalue weighted by Gasteiger charge is 2.41. The van der Waals surface area contributed by atoms with E-state index in [4.69, 9.17) is 14.6 Å². The van der Waals surface area contributed by atoms with Crippen LogP contribution in [-0.4, -0.2) is 93.2 Å². The minimum Gasteiger partial charge on any atom is -0.481 e. The predicted octanol–water partition coefficient (Wildman–Crippen LogP) is 0.602. The minimum atomic E-state index is -1.17. The van der Waals surface area contributed by atoms with E-state index in [1.807, 2.05) is 4.90 Å². The molecule has 2 bridgehead atoms. The van der Waals surface area contributed by atoms with Crippen molar-refractivity contribution >= 4 is 5.97 Å². The summed E-state index contributed by atoms with van der Waals surface area (Å²) in [6.45, 7) is 2.76. The van der Waals surface area contributed by atoms with Gasteiger partial charge in [-0.1, -0.05) is 12.8 Å². The number of piperidine rings is 1. The number of fused-ring (bicyclic) bond motifs is 2. The molecule has 2 aliphatic carbocycles. The first-order chi connectivity index (χ1) is 13.8. The van der Waals surface area contributed by atoms with Gasteiger partial charge in [0, 0.05) is 20.1 Å². The van der Waals surface area contributed by atoms with Crippen LogP contribution in [0, 0.1) is 11.8 Å². The minimum absolute atomic E-state index is 0.206. The molecule has 2 unspecified atom stereocenters. The van der Waals surface area contributed by atoms with Gasteiger partial charge in [-0.2, -0.15) is 0 Å². The second kappa shape index (κ2) is 12.2. The maximum atomic E-state index is 9.97. The van der Waals surface area contributed by atoms with Crippen molar-refractivity contribution in [1.29, 1.82) is 0 Å². The van der Waals surface area contributed by atoms with E-state index >= 15 is 0 Å². The Balaban J connectivity index is 0.000000687. The van der Waals surface area contributed by atoms with E-state index in [-0.39, 0.29) is 6.61 Å². The molecular weight excluding hydrogens is 378 g/mol. The Labute approximate surface area is 173 Å². The van der Waals surface area contributed by atoms with Crippen molar-refractivity contribution in [2.24, 2.45) is 11.8 Å². The van der Waals surface area contributed by atoms with Crippen LogP contribution in [0.25, 0.3) is 0 Å². The summed E-state index contributed by atoms with van der Waals surface area (Å²) in [7, 11) is 0. The molecule has 3 fully saturated rings. The normalized spacial score (nSPS) is 36.7. The molecule has 0 amide bonds. The molecule has 0 aromatic carbocycles. The van der Waals surface area contributed by atoms with Crippen molar-refractivity contribution in [1.82, 2.24) is 4.90 Å². The van der Waals surface area contributed by atoms with Gasteiger partial charge < -0.3 is 30.3 Å². The molecule has 2 saturated carbocycles. The van der Waals surface area contributed by atoms with Gasteiger partial charge >= 0.3 is 0 Å². The summed E-state index contributed by atoms with van der Waals surface area (Å²) in [5, 5.41) is 46.3. The number of unbranched alkanes of at least 4 members (excludes halogenated alkanes) is 3. The van der Waals surface area contributed by atoms with Crippen LogP contribution in [0.1, 0.15) is 58.3 Å². The van der Waals surface area contributed by atoms with Gasteiger partial charge in [0.25, 0.3) is 5.97 Å². The van der Waals surface area contributed by atoms with E-state index < -0.39 is 30.3 Å². The van der Waals surface area contributed by atoms with Crippen LogP contribution in [-0.2, 0) is 9.53 Å². The average molecular weight is 418 g/mol. The summed E-state index contributed by atoms with van der Waals surface area (Å²) in [4.78, 5) is 10.9. The Morgan fingerprint density at radius 1 is 1.03 bits per heavy atom. The first-order valence-electron chi connectivity index (χ1n) is 11.0. The number of hydrogen-bond donors (Lipinski definition) is 5. The smallest absolute Gasteiger partial charge is 0.300 e. The molecule has 0 aromatic heterocycles. The van der Waals surface area contributed by atoms with Gasteiger partial charge in [-0.15, -0.1) is 0 Å². The van der Waals surface area contributed by atoms with Crippen LogP contribution in [0.15, 0.2) is 0 Å². The monoisotopic (exact) mass is 417 g/mol. The zero-order valence-corrected chi connectivity index (χ0v) is 17.5. The number of ether oxygens (including phenoxy) is 1. The number of hydrogen-bond acceptors (Lipinski definition) is 7. The molecule has 0 aromatic rings. The van der Waals surface area contributed by atoms with E-state index in [0.717, 1.165) is 57.6 Å². The Bertz CT molecular complexity index is 488. The van der Waals surface area contributed by atoms with Gasteiger partial charge in [-0.05, 0) is 56.9 Å². The zero-order chi connectivity index (χ0) is 21.4. The Morgan fingerprint density at radius 3 is 2.31 bits per heavy atom. The van der Waals surface area contributed by atoms with Crippen LogP contribution < -0.4 is 0 Å². The number of carbonyl (C=O) groups is 1. The molecular formula is C21H39NO7. The van der Waals surface area contributed by atoms with Gasteiger partial charge in [-0.25, -0.2) is 0 Å². The number of rotatable bonds is 9. The lowest BCUT2D eigenvalue weighted by atomic mass is 9.94. The lowest BCUT2D eigenvalue weighted by Gasteiger charge is -2.43. The van der Waals surface area contributed by atoms with Crippen molar-refractivity contribution in [3.05, 3.63) is 0 Å². The number of carboxylic acids is 1. The first kappa shape index (κ1) is 24.5. The third-order valence-corrected chi connectivity index (χ3v) is 6.56. The fraction of sp³-hybridized carbons (Fsp3) is 0.952. The second-order valence-electron chi connectivity index (χ2n) is 8.81. The third kappa shape index (κ3) is 7.45. The quantitative estimate of drug-likeness (QED) is 0.345. The highest BCUT2D eigenvalue weighted by atomic mass is 16.5. The summed E-state index contributed by atoms with van der Waals surface area (Å²) >= 11 is 0. The standard InChI is InChI=1S/C19H35NO5.C2H4O2/c21-12-15-18(23)19(24)16(22)11-20(15)7-3-1-2-4-8-25-17-10-13-5-6-14(17)9-13;1-2(3)4/h13-19,21-24H,1-12H2;1H3,(H,3,4)/t13?,14?,15-,16+,17-,18-,19-;/m1./s1. The van der Waals surface area contributed by atoms with Gasteiger partial charge in [-0.3, -0.25) is 9.69 Å². The van der Waals surface area contributed by atoms with Crippen LogP contribution in [0.5, 0.6) is 0 Å². The van der Waals surface area contributed by atoms with Crippen molar-refractivity contribution < 1.29 is 35.1 Å². The molecule has 1 aliphatic heterocycles. The Morgan fingerprint density at radius 2 is 1.72 bits per heavy atom. The Kier molecular flexibility index (Phi) is 10.3. The highest BCUT2D eigenvalue weighted by molar-refractivity contribution is 5.62. The lowest BCUT2D eigenvalue weighted by molar-refractivity contribution is -0.145. The van der Waals surface area contributed by atoms with Crippen molar-refractivity contribution in [3.63, 3.8) is 0 Å². The molecule has 7 atom stereocenters. The lowest BCUT2D eigenvalue weighted by Crippen LogP contribution is -2.62. The van der Waals surface area contributed by atoms with Crippen LogP contribution in [0.3, 0.4) is 0 Å². The van der Waals surface area contributed by atoms with Crippen molar-refractivity contribution in [2.45, 2.75) is 88.7 Å². The molecule has 170 valence electrons. The van der Waals surface area contributed by atoms with E-state index in [1.54, 1.807) is 0 Å². The van der Waals surface area contributed by atoms with E-state index in [9.17, 15) is 20.4 Å². The number of likely N-dealkylation sites (tertiary alicyclic amines) is 1. The maximum Gasteiger partial charge on any atom is 0.300 e. The number of aliphatic hydroxyl groups excluding tert-OH is 4. The number of aliphatic carboxylic acids is 1. The number of carboxylic acid groups (broad SMARTS) is 1. The molecule has 5 N–H and O–H groups in total. The summed E-state index contributed by atoms with van der Waals surface area (Å²) in [5.41, 5.74) is 0. The SMILES string of the molecule is CC(=O)O.OC[C@@H]1[C@@H](O)[C@H](O)[C@@H](O)CN1CCCCCCO[C@@H]1CC2CCC1C2. The predicted molar refractivity (Wildman–Crippen MR) is 107 cm³/mol. The number of nitrogens with zero attached hydrogens (tertiary/aromatic N) is 1. The van der Waals surface area contributed by atoms with Crippen molar-refractivity contribution in [3.8, 4) is 0 Å². The summed E-state index contributed by atoms with van der Waals surface area (Å²) in [6, 6.07) is -0.487. The van der Waals surface area contributed by atoms with E-state index in [1.165, 1.54) is 25.7 Å². The molecule has 8 nitrogen and oxygen atoms in total. The molecule has 3 aliphatic rings. The molecule has 0 radical (unpaired) electrons. The fourth-order valence-corrected chi connectivity index (χ4v) is 5.03. The van der Waals surface area contributed by atoms with Crippen molar-refractivity contribution in [2.75, 3.05) is 26.3 Å². The fourth-order valence-electron chi connectivity index (χ4n) is 5.03. The zero-order valence-electron chi connectivity index (χ0n) is 17.5. The molecule has 3 rings (SSSR count). The average Bonchev–Trinajstić information content (AvgIpc) is 3.28. The largest absolute Gasteiger partial charge is 0.481 e. The van der Waals surface area contributed by atoms with E-state index in [0.29, 0.717) is 12.6 Å². The maximum absolute atomic E-state index is 9.97. The molecule has 8 heteroatoms. The molecule has 1 saturated heterocycles.